The average molecular weight is 151 g/mol. The van der Waals surface area contributed by atoms with E-state index in [-0.39, 0.29) is 0 Å². The van der Waals surface area contributed by atoms with E-state index in [0.717, 1.165) is 5.92 Å². The highest BCUT2D eigenvalue weighted by molar-refractivity contribution is 5.08. The molecule has 0 radical (unpaired) electrons. The fourth-order valence-corrected chi connectivity index (χ4v) is 1.61. The lowest BCUT2D eigenvalue weighted by atomic mass is 9.99. The molecule has 1 atom stereocenters. The van der Waals surface area contributed by atoms with Gasteiger partial charge in [0.25, 0.3) is 0 Å². The Morgan fingerprint density at radius 3 is 3.09 bits per heavy atom. The van der Waals surface area contributed by atoms with Crippen molar-refractivity contribution in [3.05, 3.63) is 24.3 Å². The van der Waals surface area contributed by atoms with Gasteiger partial charge in [0.1, 0.15) is 0 Å². The van der Waals surface area contributed by atoms with Gasteiger partial charge in [-0.1, -0.05) is 24.3 Å². The summed E-state index contributed by atoms with van der Waals surface area (Å²) in [6.45, 7) is 8.26. The van der Waals surface area contributed by atoms with Crippen LogP contribution >= 0.6 is 0 Å². The first-order valence-electron chi connectivity index (χ1n) is 4.32. The number of allylic oxidation sites excluding steroid dienone is 3. The van der Waals surface area contributed by atoms with Gasteiger partial charge in [0.2, 0.25) is 0 Å². The molecule has 1 saturated heterocycles. The van der Waals surface area contributed by atoms with Gasteiger partial charge in [-0.2, -0.15) is 0 Å². The fraction of sp³-hybridized carbons (Fsp3) is 0.600. The van der Waals surface area contributed by atoms with E-state index in [1.165, 1.54) is 31.5 Å². The van der Waals surface area contributed by atoms with Crippen LogP contribution in [0.15, 0.2) is 24.3 Å². The van der Waals surface area contributed by atoms with Crippen molar-refractivity contribution in [2.75, 3.05) is 13.1 Å². The lowest BCUT2D eigenvalue weighted by molar-refractivity contribution is 0.577. The molecule has 62 valence electrons. The third-order valence-corrected chi connectivity index (χ3v) is 2.18. The standard InChI is InChI=1S/C10H17N/c1-3-4-9(2)7-10-5-6-11-8-10/h3-4,10-11H,1,5-8H2,2H3/b9-4+. The van der Waals surface area contributed by atoms with Crippen LogP contribution in [0.25, 0.3) is 0 Å². The predicted octanol–water partition coefficient (Wildman–Crippen LogP) is 2.12. The Bertz CT molecular complexity index is 152. The van der Waals surface area contributed by atoms with Crippen molar-refractivity contribution in [3.63, 3.8) is 0 Å². The van der Waals surface area contributed by atoms with Crippen LogP contribution in [0.1, 0.15) is 19.8 Å². The molecule has 0 bridgehead atoms. The minimum absolute atomic E-state index is 0.867. The normalized spacial score (nSPS) is 25.5. The van der Waals surface area contributed by atoms with Crippen LogP contribution in [-0.2, 0) is 0 Å². The number of hydrogen-bond donors (Lipinski definition) is 1. The minimum atomic E-state index is 0.867. The summed E-state index contributed by atoms with van der Waals surface area (Å²) in [5.74, 6) is 0.867. The summed E-state index contributed by atoms with van der Waals surface area (Å²) in [5, 5.41) is 3.37. The molecule has 1 N–H and O–H groups in total. The van der Waals surface area contributed by atoms with Crippen molar-refractivity contribution in [3.8, 4) is 0 Å². The fourth-order valence-electron chi connectivity index (χ4n) is 1.61. The second kappa shape index (κ2) is 4.35. The van der Waals surface area contributed by atoms with Crippen LogP contribution in [0.2, 0.25) is 0 Å². The minimum Gasteiger partial charge on any atom is -0.316 e. The molecule has 0 aliphatic carbocycles. The SMILES string of the molecule is C=C/C=C(\C)CC1CCNC1. The molecule has 0 saturated carbocycles. The van der Waals surface area contributed by atoms with Gasteiger partial charge in [-0.15, -0.1) is 0 Å². The summed E-state index contributed by atoms with van der Waals surface area (Å²) in [6.07, 6.45) is 6.55. The van der Waals surface area contributed by atoms with E-state index in [1.54, 1.807) is 0 Å². The van der Waals surface area contributed by atoms with E-state index in [0.29, 0.717) is 0 Å². The summed E-state index contributed by atoms with van der Waals surface area (Å²) in [6, 6.07) is 0. The van der Waals surface area contributed by atoms with Gasteiger partial charge in [0, 0.05) is 0 Å². The number of hydrogen-bond acceptors (Lipinski definition) is 1. The van der Waals surface area contributed by atoms with Crippen LogP contribution in [0, 0.1) is 5.92 Å². The monoisotopic (exact) mass is 151 g/mol. The smallest absolute Gasteiger partial charge is 0.00170 e. The zero-order valence-electron chi connectivity index (χ0n) is 7.27. The molecule has 0 aromatic heterocycles. The molecule has 0 aromatic rings. The summed E-state index contributed by atoms with van der Waals surface area (Å²) in [7, 11) is 0. The Morgan fingerprint density at radius 1 is 1.73 bits per heavy atom. The summed E-state index contributed by atoms with van der Waals surface area (Å²) in [5.41, 5.74) is 1.45. The second-order valence-electron chi connectivity index (χ2n) is 3.31. The zero-order chi connectivity index (χ0) is 8.10. The first-order valence-corrected chi connectivity index (χ1v) is 4.32. The topological polar surface area (TPSA) is 12.0 Å². The van der Waals surface area contributed by atoms with E-state index < -0.39 is 0 Å². The van der Waals surface area contributed by atoms with Crippen molar-refractivity contribution >= 4 is 0 Å². The Balaban J connectivity index is 2.28. The first kappa shape index (κ1) is 8.54. The molecule has 1 nitrogen and oxygen atoms in total. The molecule has 1 unspecified atom stereocenters. The molecule has 1 heteroatoms. The van der Waals surface area contributed by atoms with E-state index in [2.05, 4.69) is 24.9 Å². The summed E-state index contributed by atoms with van der Waals surface area (Å²) in [4.78, 5) is 0. The van der Waals surface area contributed by atoms with Crippen molar-refractivity contribution in [2.45, 2.75) is 19.8 Å². The molecule has 1 rings (SSSR count). The molecule has 0 spiro atoms. The van der Waals surface area contributed by atoms with E-state index >= 15 is 0 Å². The zero-order valence-corrected chi connectivity index (χ0v) is 7.27. The van der Waals surface area contributed by atoms with Gasteiger partial charge in [0.15, 0.2) is 0 Å². The van der Waals surface area contributed by atoms with Crippen LogP contribution in [0.3, 0.4) is 0 Å². The van der Waals surface area contributed by atoms with E-state index in [4.69, 9.17) is 0 Å². The van der Waals surface area contributed by atoms with Gasteiger partial charge in [0.05, 0.1) is 0 Å². The van der Waals surface area contributed by atoms with Crippen LogP contribution < -0.4 is 5.32 Å². The molecule has 0 amide bonds. The molecule has 11 heavy (non-hydrogen) atoms. The molecule has 1 aliphatic rings. The third kappa shape index (κ3) is 2.89. The quantitative estimate of drug-likeness (QED) is 0.609. The largest absolute Gasteiger partial charge is 0.316 e. The van der Waals surface area contributed by atoms with Gasteiger partial charge in [-0.3, -0.25) is 0 Å². The molecule has 1 aliphatic heterocycles. The summed E-state index contributed by atoms with van der Waals surface area (Å²) >= 11 is 0. The first-order chi connectivity index (χ1) is 5.33. The lowest BCUT2D eigenvalue weighted by Crippen LogP contribution is -2.08. The van der Waals surface area contributed by atoms with Crippen molar-refractivity contribution < 1.29 is 0 Å². The van der Waals surface area contributed by atoms with Crippen molar-refractivity contribution in [1.82, 2.24) is 5.32 Å². The highest BCUT2D eigenvalue weighted by atomic mass is 14.9. The summed E-state index contributed by atoms with van der Waals surface area (Å²) < 4.78 is 0. The Morgan fingerprint density at radius 2 is 2.55 bits per heavy atom. The van der Waals surface area contributed by atoms with Gasteiger partial charge < -0.3 is 5.32 Å². The second-order valence-corrected chi connectivity index (χ2v) is 3.31. The van der Waals surface area contributed by atoms with E-state index in [9.17, 15) is 0 Å². The predicted molar refractivity (Wildman–Crippen MR) is 49.5 cm³/mol. The molecular formula is C10H17N. The molecular weight excluding hydrogens is 134 g/mol. The molecule has 0 aromatic carbocycles. The maximum Gasteiger partial charge on any atom is -0.00170 e. The number of nitrogens with one attached hydrogen (secondary N) is 1. The lowest BCUT2D eigenvalue weighted by Gasteiger charge is -2.06. The average Bonchev–Trinajstić information content (AvgIpc) is 2.40. The number of rotatable bonds is 3. The van der Waals surface area contributed by atoms with Crippen LogP contribution in [0.5, 0.6) is 0 Å². The molecule has 1 fully saturated rings. The van der Waals surface area contributed by atoms with Crippen LogP contribution in [-0.4, -0.2) is 13.1 Å². The Hall–Kier alpha value is -0.560. The van der Waals surface area contributed by atoms with Crippen LogP contribution in [0.4, 0.5) is 0 Å². The Kier molecular flexibility index (Phi) is 3.37. The maximum atomic E-state index is 3.68. The van der Waals surface area contributed by atoms with Gasteiger partial charge in [-0.05, 0) is 38.8 Å². The van der Waals surface area contributed by atoms with Crippen molar-refractivity contribution in [2.24, 2.45) is 5.92 Å². The van der Waals surface area contributed by atoms with E-state index in [1.807, 2.05) is 6.08 Å². The maximum absolute atomic E-state index is 3.68. The van der Waals surface area contributed by atoms with Gasteiger partial charge >= 0.3 is 0 Å². The highest BCUT2D eigenvalue weighted by Crippen LogP contribution is 2.17. The Labute approximate surface area is 69.2 Å². The van der Waals surface area contributed by atoms with Crippen molar-refractivity contribution in [1.29, 1.82) is 0 Å². The van der Waals surface area contributed by atoms with Gasteiger partial charge in [-0.25, -0.2) is 0 Å². The molecule has 1 heterocycles. The third-order valence-electron chi connectivity index (χ3n) is 2.18. The highest BCUT2D eigenvalue weighted by Gasteiger charge is 2.13.